The first-order valence-electron chi connectivity index (χ1n) is 7.24. The summed E-state index contributed by atoms with van der Waals surface area (Å²) in [5.41, 5.74) is 2.46. The molecule has 2 atom stereocenters. The van der Waals surface area contributed by atoms with Gasteiger partial charge in [0.2, 0.25) is 0 Å². The van der Waals surface area contributed by atoms with E-state index in [9.17, 15) is 0 Å². The van der Waals surface area contributed by atoms with E-state index in [1.54, 1.807) is 0 Å². The third-order valence-corrected chi connectivity index (χ3v) is 4.12. The number of benzene rings is 1. The third-order valence-electron chi connectivity index (χ3n) is 4.12. The summed E-state index contributed by atoms with van der Waals surface area (Å²) in [5.74, 6) is 0.802. The molecule has 18 heavy (non-hydrogen) atoms. The van der Waals surface area contributed by atoms with Crippen LogP contribution in [0.2, 0.25) is 0 Å². The van der Waals surface area contributed by atoms with Crippen molar-refractivity contribution >= 4 is 5.57 Å². The average Bonchev–Trinajstić information content (AvgIpc) is 2.62. The summed E-state index contributed by atoms with van der Waals surface area (Å²) in [5, 5.41) is 3.71. The molecule has 1 heteroatoms. The van der Waals surface area contributed by atoms with Crippen LogP contribution in [0.25, 0.3) is 5.57 Å². The molecular formula is C17H25N. The van der Waals surface area contributed by atoms with E-state index in [2.05, 4.69) is 49.2 Å². The first-order chi connectivity index (χ1) is 8.77. The van der Waals surface area contributed by atoms with E-state index in [1.807, 2.05) is 0 Å². The highest BCUT2D eigenvalue weighted by atomic mass is 14.9. The summed E-state index contributed by atoms with van der Waals surface area (Å²) in [6.07, 6.45) is 6.87. The van der Waals surface area contributed by atoms with Crippen molar-refractivity contribution in [3.05, 3.63) is 42.5 Å². The minimum atomic E-state index is 0.674. The molecule has 1 aromatic rings. The predicted molar refractivity (Wildman–Crippen MR) is 79.5 cm³/mol. The Morgan fingerprint density at radius 3 is 2.67 bits per heavy atom. The molecule has 0 amide bonds. The minimum absolute atomic E-state index is 0.674. The van der Waals surface area contributed by atoms with Crippen molar-refractivity contribution in [2.24, 2.45) is 5.92 Å². The highest BCUT2D eigenvalue weighted by Crippen LogP contribution is 2.23. The fraction of sp³-hybridized carbons (Fsp3) is 0.529. The summed E-state index contributed by atoms with van der Waals surface area (Å²) < 4.78 is 0. The second-order valence-corrected chi connectivity index (χ2v) is 5.57. The second kappa shape index (κ2) is 6.75. The van der Waals surface area contributed by atoms with Gasteiger partial charge in [-0.2, -0.15) is 0 Å². The molecule has 2 unspecified atom stereocenters. The maximum Gasteiger partial charge on any atom is 0.0208 e. The van der Waals surface area contributed by atoms with E-state index in [4.69, 9.17) is 0 Å². The Balaban J connectivity index is 1.85. The van der Waals surface area contributed by atoms with Crippen LogP contribution < -0.4 is 5.32 Å². The molecule has 1 aliphatic rings. The Hall–Kier alpha value is -1.08. The van der Waals surface area contributed by atoms with Crippen molar-refractivity contribution < 1.29 is 0 Å². The van der Waals surface area contributed by atoms with Gasteiger partial charge in [0.05, 0.1) is 0 Å². The number of hydrogen-bond donors (Lipinski definition) is 1. The quantitative estimate of drug-likeness (QED) is 0.779. The molecule has 1 N–H and O–H groups in total. The third kappa shape index (κ3) is 3.71. The zero-order valence-corrected chi connectivity index (χ0v) is 11.5. The van der Waals surface area contributed by atoms with Gasteiger partial charge in [-0.15, -0.1) is 0 Å². The molecule has 1 fully saturated rings. The molecule has 0 aromatic heterocycles. The molecule has 1 aromatic carbocycles. The Labute approximate surface area is 111 Å². The second-order valence-electron chi connectivity index (χ2n) is 5.57. The lowest BCUT2D eigenvalue weighted by molar-refractivity contribution is 0.371. The van der Waals surface area contributed by atoms with Crippen LogP contribution in [0.3, 0.4) is 0 Å². The van der Waals surface area contributed by atoms with Crippen molar-refractivity contribution in [3.63, 3.8) is 0 Å². The molecule has 0 heterocycles. The van der Waals surface area contributed by atoms with E-state index in [0.29, 0.717) is 6.04 Å². The van der Waals surface area contributed by atoms with Gasteiger partial charge in [-0.25, -0.2) is 0 Å². The highest BCUT2D eigenvalue weighted by Gasteiger charge is 2.19. The first-order valence-corrected chi connectivity index (χ1v) is 7.24. The van der Waals surface area contributed by atoms with E-state index in [0.717, 1.165) is 12.5 Å². The molecule has 0 bridgehead atoms. The number of hydrogen-bond acceptors (Lipinski definition) is 1. The smallest absolute Gasteiger partial charge is 0.0208 e. The summed E-state index contributed by atoms with van der Waals surface area (Å²) in [7, 11) is 0. The van der Waals surface area contributed by atoms with Crippen molar-refractivity contribution in [2.45, 2.75) is 45.1 Å². The first kappa shape index (κ1) is 13.4. The van der Waals surface area contributed by atoms with Crippen LogP contribution in [-0.4, -0.2) is 12.6 Å². The Morgan fingerprint density at radius 2 is 1.89 bits per heavy atom. The van der Waals surface area contributed by atoms with Gasteiger partial charge >= 0.3 is 0 Å². The van der Waals surface area contributed by atoms with Crippen molar-refractivity contribution in [1.29, 1.82) is 0 Å². The fourth-order valence-corrected chi connectivity index (χ4v) is 2.83. The summed E-state index contributed by atoms with van der Waals surface area (Å²) in [6.45, 7) is 7.49. The normalized spacial score (nSPS) is 24.5. The van der Waals surface area contributed by atoms with Crippen LogP contribution >= 0.6 is 0 Å². The lowest BCUT2D eigenvalue weighted by atomic mass is 9.96. The monoisotopic (exact) mass is 243 g/mol. The lowest BCUT2D eigenvalue weighted by Crippen LogP contribution is -2.35. The molecule has 1 nitrogen and oxygen atoms in total. The van der Waals surface area contributed by atoms with Crippen molar-refractivity contribution in [2.75, 3.05) is 6.54 Å². The number of rotatable bonds is 4. The average molecular weight is 243 g/mol. The Morgan fingerprint density at radius 1 is 1.17 bits per heavy atom. The van der Waals surface area contributed by atoms with Gasteiger partial charge in [0.25, 0.3) is 0 Å². The van der Waals surface area contributed by atoms with Gasteiger partial charge in [-0.05, 0) is 29.9 Å². The van der Waals surface area contributed by atoms with E-state index >= 15 is 0 Å². The van der Waals surface area contributed by atoms with Crippen molar-refractivity contribution in [3.8, 4) is 0 Å². The van der Waals surface area contributed by atoms with Gasteiger partial charge < -0.3 is 5.32 Å². The van der Waals surface area contributed by atoms with Gasteiger partial charge in [0.1, 0.15) is 0 Å². The summed E-state index contributed by atoms with van der Waals surface area (Å²) in [4.78, 5) is 0. The van der Waals surface area contributed by atoms with Crippen LogP contribution in [0, 0.1) is 5.92 Å². The van der Waals surface area contributed by atoms with Crippen LogP contribution in [-0.2, 0) is 0 Å². The predicted octanol–water partition coefficient (Wildman–Crippen LogP) is 4.26. The maximum atomic E-state index is 4.20. The fourth-order valence-electron chi connectivity index (χ4n) is 2.83. The molecule has 2 rings (SSSR count). The minimum Gasteiger partial charge on any atom is -0.310 e. The molecule has 1 aliphatic carbocycles. The molecule has 0 radical (unpaired) electrons. The molecule has 0 saturated heterocycles. The van der Waals surface area contributed by atoms with E-state index < -0.39 is 0 Å². The largest absolute Gasteiger partial charge is 0.310 e. The maximum absolute atomic E-state index is 4.20. The Bertz CT molecular complexity index is 368. The molecular weight excluding hydrogens is 218 g/mol. The summed E-state index contributed by atoms with van der Waals surface area (Å²) in [6, 6.07) is 11.2. The summed E-state index contributed by atoms with van der Waals surface area (Å²) >= 11 is 0. The van der Waals surface area contributed by atoms with Gasteiger partial charge in [0.15, 0.2) is 0 Å². The standard InChI is InChI=1S/C17H25N/c1-14-9-5-3-8-12-17(14)18-13-15(2)16-10-6-4-7-11-16/h4,6-7,10-11,14,17-18H,2-3,5,8-9,12-13H2,1H3. The molecule has 98 valence electrons. The van der Waals surface area contributed by atoms with Gasteiger partial charge in [-0.1, -0.05) is 63.1 Å². The number of nitrogens with one attached hydrogen (secondary N) is 1. The van der Waals surface area contributed by atoms with E-state index in [-0.39, 0.29) is 0 Å². The molecule has 0 spiro atoms. The lowest BCUT2D eigenvalue weighted by Gasteiger charge is -2.23. The van der Waals surface area contributed by atoms with Crippen LogP contribution in [0.5, 0.6) is 0 Å². The topological polar surface area (TPSA) is 12.0 Å². The Kier molecular flexibility index (Phi) is 5.00. The van der Waals surface area contributed by atoms with E-state index in [1.165, 1.54) is 43.2 Å². The van der Waals surface area contributed by atoms with Gasteiger partial charge in [0, 0.05) is 12.6 Å². The molecule has 0 aliphatic heterocycles. The van der Waals surface area contributed by atoms with Crippen LogP contribution in [0.1, 0.15) is 44.6 Å². The SMILES string of the molecule is C=C(CNC1CCCCCC1C)c1ccccc1. The highest BCUT2D eigenvalue weighted by molar-refractivity contribution is 5.64. The molecule has 1 saturated carbocycles. The zero-order valence-electron chi connectivity index (χ0n) is 11.5. The van der Waals surface area contributed by atoms with Gasteiger partial charge in [-0.3, -0.25) is 0 Å². The zero-order chi connectivity index (χ0) is 12.8. The van der Waals surface area contributed by atoms with Crippen LogP contribution in [0.15, 0.2) is 36.9 Å². The van der Waals surface area contributed by atoms with Crippen molar-refractivity contribution in [1.82, 2.24) is 5.32 Å². The van der Waals surface area contributed by atoms with Crippen LogP contribution in [0.4, 0.5) is 0 Å².